The minimum atomic E-state index is 0. The number of fused-ring (bicyclic) bond motifs is 1. The summed E-state index contributed by atoms with van der Waals surface area (Å²) in [5.41, 5.74) is 6.95. The number of halogens is 1. The van der Waals surface area contributed by atoms with Gasteiger partial charge in [-0.3, -0.25) is 4.99 Å². The van der Waals surface area contributed by atoms with Crippen molar-refractivity contribution in [3.05, 3.63) is 23.8 Å². The molecule has 1 aromatic carbocycles. The van der Waals surface area contributed by atoms with E-state index in [9.17, 15) is 0 Å². The highest BCUT2D eigenvalue weighted by Crippen LogP contribution is 2.32. The predicted octanol–water partition coefficient (Wildman–Crippen LogP) is 1.52. The molecule has 0 saturated carbocycles. The zero-order chi connectivity index (χ0) is 14.4. The van der Waals surface area contributed by atoms with Crippen molar-refractivity contribution in [2.75, 3.05) is 27.1 Å². The fourth-order valence-corrected chi connectivity index (χ4v) is 1.99. The zero-order valence-corrected chi connectivity index (χ0v) is 14.6. The van der Waals surface area contributed by atoms with Gasteiger partial charge in [0.2, 0.25) is 6.79 Å². The molecule has 1 heterocycles. The summed E-state index contributed by atoms with van der Waals surface area (Å²) >= 11 is 0. The number of aliphatic imine (C=N–C) groups is 1. The molecular weight excluding hydrogens is 385 g/mol. The highest BCUT2D eigenvalue weighted by molar-refractivity contribution is 14.0. The van der Waals surface area contributed by atoms with Crippen LogP contribution in [0.25, 0.3) is 0 Å². The van der Waals surface area contributed by atoms with Gasteiger partial charge in [0.1, 0.15) is 0 Å². The van der Waals surface area contributed by atoms with Crippen molar-refractivity contribution in [3.63, 3.8) is 0 Å². The summed E-state index contributed by atoms with van der Waals surface area (Å²) in [6, 6.07) is 6.06. The van der Waals surface area contributed by atoms with Crippen molar-refractivity contribution in [3.8, 4) is 11.5 Å². The Balaban J connectivity index is 0.00000220. The van der Waals surface area contributed by atoms with E-state index < -0.39 is 0 Å². The molecule has 6 nitrogen and oxygen atoms in total. The van der Waals surface area contributed by atoms with Gasteiger partial charge in [0.25, 0.3) is 0 Å². The Kier molecular flexibility index (Phi) is 7.58. The Morgan fingerprint density at radius 3 is 2.95 bits per heavy atom. The lowest BCUT2D eigenvalue weighted by atomic mass is 10.1. The lowest BCUT2D eigenvalue weighted by molar-refractivity contribution is 0.174. The number of benzene rings is 1. The summed E-state index contributed by atoms with van der Waals surface area (Å²) in [5.74, 6) is 2.04. The van der Waals surface area contributed by atoms with E-state index in [1.54, 1.807) is 7.11 Å². The van der Waals surface area contributed by atoms with Crippen LogP contribution in [-0.4, -0.2) is 39.1 Å². The number of nitrogens with one attached hydrogen (secondary N) is 1. The largest absolute Gasteiger partial charge is 0.454 e. The van der Waals surface area contributed by atoms with Crippen molar-refractivity contribution in [1.29, 1.82) is 0 Å². The fourth-order valence-electron chi connectivity index (χ4n) is 1.99. The molecule has 1 aromatic rings. The van der Waals surface area contributed by atoms with E-state index in [0.717, 1.165) is 23.5 Å². The second-order valence-electron chi connectivity index (χ2n) is 4.71. The Hall–Kier alpha value is -1.22. The Bertz CT molecular complexity index is 483. The molecule has 3 N–H and O–H groups in total. The van der Waals surface area contributed by atoms with Crippen molar-refractivity contribution in [2.24, 2.45) is 10.7 Å². The van der Waals surface area contributed by atoms with E-state index in [0.29, 0.717) is 25.9 Å². The molecule has 21 heavy (non-hydrogen) atoms. The molecule has 0 amide bonds. The quantitative estimate of drug-likeness (QED) is 0.425. The second kappa shape index (κ2) is 8.93. The number of methoxy groups -OCH3 is 1. The highest BCUT2D eigenvalue weighted by atomic mass is 127. The van der Waals surface area contributed by atoms with Gasteiger partial charge in [0.05, 0.1) is 6.61 Å². The molecule has 1 aliphatic rings. The Morgan fingerprint density at radius 2 is 2.19 bits per heavy atom. The van der Waals surface area contributed by atoms with Crippen LogP contribution in [-0.2, 0) is 11.2 Å². The molecule has 0 radical (unpaired) electrons. The maximum Gasteiger partial charge on any atom is 0.231 e. The normalized spacial score (nSPS) is 14.5. The lowest BCUT2D eigenvalue weighted by Gasteiger charge is -2.13. The predicted molar refractivity (Wildman–Crippen MR) is 92.6 cm³/mol. The van der Waals surface area contributed by atoms with E-state index in [1.165, 1.54) is 0 Å². The second-order valence-corrected chi connectivity index (χ2v) is 4.71. The van der Waals surface area contributed by atoms with Crippen LogP contribution in [0.3, 0.4) is 0 Å². The number of nitrogens with zero attached hydrogens (tertiary/aromatic N) is 1. The SMILES string of the molecule is COCC(C)NC(N)=NCCc1ccc2c(c1)OCO2.I. The maximum atomic E-state index is 5.80. The van der Waals surface area contributed by atoms with E-state index in [-0.39, 0.29) is 30.0 Å². The number of hydrogen-bond acceptors (Lipinski definition) is 4. The fraction of sp³-hybridized carbons (Fsp3) is 0.500. The van der Waals surface area contributed by atoms with Gasteiger partial charge in [-0.1, -0.05) is 6.07 Å². The topological polar surface area (TPSA) is 78.1 Å². The molecule has 0 bridgehead atoms. The molecule has 2 rings (SSSR count). The molecule has 0 fully saturated rings. The smallest absolute Gasteiger partial charge is 0.231 e. The molecule has 1 atom stereocenters. The molecule has 0 saturated heterocycles. The third-order valence-electron chi connectivity index (χ3n) is 2.93. The zero-order valence-electron chi connectivity index (χ0n) is 12.3. The van der Waals surface area contributed by atoms with Gasteiger partial charge in [-0.05, 0) is 31.0 Å². The summed E-state index contributed by atoms with van der Waals surface area (Å²) in [5, 5.41) is 3.07. The average molecular weight is 407 g/mol. The molecule has 1 unspecified atom stereocenters. The molecule has 0 spiro atoms. The van der Waals surface area contributed by atoms with Crippen molar-refractivity contribution >= 4 is 29.9 Å². The summed E-state index contributed by atoms with van der Waals surface area (Å²) < 4.78 is 15.6. The van der Waals surface area contributed by atoms with Crippen LogP contribution in [0.5, 0.6) is 11.5 Å². The van der Waals surface area contributed by atoms with Crippen molar-refractivity contribution in [1.82, 2.24) is 5.32 Å². The van der Waals surface area contributed by atoms with Crippen LogP contribution in [0.4, 0.5) is 0 Å². The number of ether oxygens (including phenoxy) is 3. The minimum Gasteiger partial charge on any atom is -0.454 e. The van der Waals surface area contributed by atoms with Crippen LogP contribution < -0.4 is 20.5 Å². The summed E-state index contributed by atoms with van der Waals surface area (Å²) in [7, 11) is 1.66. The molecular formula is C14H22IN3O3. The molecule has 0 aromatic heterocycles. The summed E-state index contributed by atoms with van der Waals surface area (Å²) in [4.78, 5) is 4.29. The van der Waals surface area contributed by atoms with Crippen LogP contribution >= 0.6 is 24.0 Å². The van der Waals surface area contributed by atoms with Gasteiger partial charge in [-0.15, -0.1) is 24.0 Å². The highest BCUT2D eigenvalue weighted by Gasteiger charge is 2.12. The van der Waals surface area contributed by atoms with Crippen molar-refractivity contribution < 1.29 is 14.2 Å². The maximum absolute atomic E-state index is 5.80. The standard InChI is InChI=1S/C14H21N3O3.HI/c1-10(8-18-2)17-14(15)16-6-5-11-3-4-12-13(7-11)20-9-19-12;/h3-4,7,10H,5-6,8-9H2,1-2H3,(H3,15,16,17);1H. The van der Waals surface area contributed by atoms with E-state index in [2.05, 4.69) is 10.3 Å². The van der Waals surface area contributed by atoms with E-state index in [4.69, 9.17) is 19.9 Å². The number of guanidine groups is 1. The monoisotopic (exact) mass is 407 g/mol. The van der Waals surface area contributed by atoms with Gasteiger partial charge in [0.15, 0.2) is 17.5 Å². The first kappa shape index (κ1) is 17.8. The first-order valence-electron chi connectivity index (χ1n) is 6.63. The summed E-state index contributed by atoms with van der Waals surface area (Å²) in [6.45, 7) is 3.51. The summed E-state index contributed by atoms with van der Waals surface area (Å²) in [6.07, 6.45) is 0.803. The molecule has 7 heteroatoms. The van der Waals surface area contributed by atoms with Gasteiger partial charge in [-0.2, -0.15) is 0 Å². The van der Waals surface area contributed by atoms with Crippen LogP contribution in [0, 0.1) is 0 Å². The van der Waals surface area contributed by atoms with E-state index in [1.807, 2.05) is 25.1 Å². The van der Waals surface area contributed by atoms with Crippen LogP contribution in [0.15, 0.2) is 23.2 Å². The average Bonchev–Trinajstić information content (AvgIpc) is 2.86. The molecule has 118 valence electrons. The third kappa shape index (κ3) is 5.58. The first-order chi connectivity index (χ1) is 9.69. The Morgan fingerprint density at radius 1 is 1.43 bits per heavy atom. The van der Waals surface area contributed by atoms with Crippen LogP contribution in [0.1, 0.15) is 12.5 Å². The molecule has 0 aliphatic carbocycles. The van der Waals surface area contributed by atoms with Gasteiger partial charge in [0, 0.05) is 19.7 Å². The van der Waals surface area contributed by atoms with Gasteiger partial charge in [-0.25, -0.2) is 0 Å². The first-order valence-corrected chi connectivity index (χ1v) is 6.63. The Labute approximate surface area is 142 Å². The number of nitrogens with two attached hydrogens (primary N) is 1. The molecule has 1 aliphatic heterocycles. The van der Waals surface area contributed by atoms with Gasteiger partial charge >= 0.3 is 0 Å². The minimum absolute atomic E-state index is 0. The third-order valence-corrected chi connectivity index (χ3v) is 2.93. The lowest BCUT2D eigenvalue weighted by Crippen LogP contribution is -2.40. The number of rotatable bonds is 6. The van der Waals surface area contributed by atoms with Gasteiger partial charge < -0.3 is 25.3 Å². The van der Waals surface area contributed by atoms with Crippen molar-refractivity contribution in [2.45, 2.75) is 19.4 Å². The van der Waals surface area contributed by atoms with E-state index >= 15 is 0 Å². The number of hydrogen-bond donors (Lipinski definition) is 2. The van der Waals surface area contributed by atoms with Crippen LogP contribution in [0.2, 0.25) is 0 Å².